The molecule has 0 bridgehead atoms. The highest BCUT2D eigenvalue weighted by Gasteiger charge is 2.12. The van der Waals surface area contributed by atoms with Crippen molar-refractivity contribution < 1.29 is 4.79 Å². The number of carbonyl (C=O) groups is 1. The fourth-order valence-corrected chi connectivity index (χ4v) is 3.78. The van der Waals surface area contributed by atoms with Crippen molar-refractivity contribution in [1.29, 1.82) is 0 Å². The summed E-state index contributed by atoms with van der Waals surface area (Å²) in [6, 6.07) is 26.8. The summed E-state index contributed by atoms with van der Waals surface area (Å²) in [5, 5.41) is 3.07. The minimum absolute atomic E-state index is 0.0125. The Morgan fingerprint density at radius 3 is 2.13 bits per heavy atom. The van der Waals surface area contributed by atoms with Crippen molar-refractivity contribution in [3.63, 3.8) is 0 Å². The van der Waals surface area contributed by atoms with E-state index in [4.69, 9.17) is 0 Å². The van der Waals surface area contributed by atoms with Crippen LogP contribution in [0.5, 0.6) is 0 Å². The van der Waals surface area contributed by atoms with Crippen LogP contribution < -0.4 is 5.32 Å². The lowest BCUT2D eigenvalue weighted by Crippen LogP contribution is -2.26. The Bertz CT molecular complexity index is 899. The molecule has 0 aromatic heterocycles. The lowest BCUT2D eigenvalue weighted by Gasteiger charge is -2.11. The smallest absolute Gasteiger partial charge is 0.251 e. The van der Waals surface area contributed by atoms with Crippen LogP contribution >= 0.6 is 0 Å². The Kier molecular flexibility index (Phi) is 8.71. The van der Waals surface area contributed by atoms with Crippen LogP contribution in [0.3, 0.4) is 0 Å². The van der Waals surface area contributed by atoms with E-state index in [0.717, 1.165) is 29.5 Å². The van der Waals surface area contributed by atoms with E-state index in [-0.39, 0.29) is 5.91 Å². The van der Waals surface area contributed by atoms with Gasteiger partial charge in [0.25, 0.3) is 5.91 Å². The van der Waals surface area contributed by atoms with Crippen molar-refractivity contribution in [2.45, 2.75) is 51.9 Å². The molecule has 0 aliphatic rings. The van der Waals surface area contributed by atoms with E-state index in [9.17, 15) is 4.79 Å². The summed E-state index contributed by atoms with van der Waals surface area (Å²) < 4.78 is 0. The standard InChI is InChI=1S/C28H33NO/c1-2-3-4-5-7-14-24-17-19-25(20-18-24)26-15-10-11-16-27(26)28(30)29-22-21-23-12-8-6-9-13-23/h6,8-13,15-20H,2-5,7,14,21-22H2,1H3,(H,29,30). The molecule has 3 rings (SSSR count). The number of carbonyl (C=O) groups excluding carboxylic acids is 1. The van der Waals surface area contributed by atoms with E-state index in [1.807, 2.05) is 42.5 Å². The largest absolute Gasteiger partial charge is 0.352 e. The lowest BCUT2D eigenvalue weighted by atomic mass is 9.97. The number of aryl methyl sites for hydroxylation is 1. The molecule has 0 fully saturated rings. The molecule has 0 heterocycles. The third-order valence-corrected chi connectivity index (χ3v) is 5.55. The molecule has 156 valence electrons. The first kappa shape index (κ1) is 21.8. The minimum Gasteiger partial charge on any atom is -0.352 e. The van der Waals surface area contributed by atoms with Gasteiger partial charge in [0, 0.05) is 12.1 Å². The third kappa shape index (κ3) is 6.59. The number of amides is 1. The predicted octanol–water partition coefficient (Wildman–Crippen LogP) is 6.84. The molecule has 3 aromatic rings. The maximum atomic E-state index is 12.8. The van der Waals surface area contributed by atoms with Crippen molar-refractivity contribution in [2.75, 3.05) is 6.54 Å². The first-order chi connectivity index (χ1) is 14.8. The Labute approximate surface area is 181 Å². The molecule has 1 N–H and O–H groups in total. The quantitative estimate of drug-likeness (QED) is 0.351. The molecule has 0 unspecified atom stereocenters. The summed E-state index contributed by atoms with van der Waals surface area (Å²) in [6.45, 7) is 2.88. The van der Waals surface area contributed by atoms with Crippen LogP contribution in [-0.2, 0) is 12.8 Å². The summed E-state index contributed by atoms with van der Waals surface area (Å²) in [5.41, 5.74) is 5.43. The number of hydrogen-bond donors (Lipinski definition) is 1. The van der Waals surface area contributed by atoms with Gasteiger partial charge < -0.3 is 5.32 Å². The number of hydrogen-bond acceptors (Lipinski definition) is 1. The molecule has 2 nitrogen and oxygen atoms in total. The predicted molar refractivity (Wildman–Crippen MR) is 127 cm³/mol. The van der Waals surface area contributed by atoms with Gasteiger partial charge in [-0.1, -0.05) is 105 Å². The Morgan fingerprint density at radius 1 is 0.700 bits per heavy atom. The molecule has 0 aliphatic heterocycles. The number of benzene rings is 3. The van der Waals surface area contributed by atoms with Gasteiger partial charge in [-0.3, -0.25) is 4.79 Å². The molecule has 2 heteroatoms. The molecule has 1 amide bonds. The topological polar surface area (TPSA) is 29.1 Å². The zero-order chi connectivity index (χ0) is 21.0. The molecule has 0 saturated carbocycles. The van der Waals surface area contributed by atoms with Crippen LogP contribution in [0.1, 0.15) is 60.5 Å². The van der Waals surface area contributed by atoms with Crippen LogP contribution in [-0.4, -0.2) is 12.5 Å². The van der Waals surface area contributed by atoms with Crippen LogP contribution in [0.4, 0.5) is 0 Å². The summed E-state index contributed by atoms with van der Waals surface area (Å²) in [5.74, 6) is -0.0125. The van der Waals surface area contributed by atoms with Crippen LogP contribution in [0.15, 0.2) is 78.9 Å². The maximum Gasteiger partial charge on any atom is 0.251 e. The monoisotopic (exact) mass is 399 g/mol. The summed E-state index contributed by atoms with van der Waals surface area (Å²) in [4.78, 5) is 12.8. The van der Waals surface area contributed by atoms with E-state index in [1.165, 1.54) is 43.2 Å². The van der Waals surface area contributed by atoms with Crippen LogP contribution in [0, 0.1) is 0 Å². The van der Waals surface area contributed by atoms with Gasteiger partial charge in [0.1, 0.15) is 0 Å². The van der Waals surface area contributed by atoms with Crippen molar-refractivity contribution in [1.82, 2.24) is 5.32 Å². The average molecular weight is 400 g/mol. The van der Waals surface area contributed by atoms with E-state index < -0.39 is 0 Å². The number of nitrogens with one attached hydrogen (secondary N) is 1. The first-order valence-corrected chi connectivity index (χ1v) is 11.3. The average Bonchev–Trinajstić information content (AvgIpc) is 2.80. The highest BCUT2D eigenvalue weighted by atomic mass is 16.1. The number of unbranched alkanes of at least 4 members (excludes halogenated alkanes) is 4. The van der Waals surface area contributed by atoms with E-state index in [0.29, 0.717) is 6.54 Å². The molecule has 0 radical (unpaired) electrons. The Balaban J connectivity index is 1.59. The number of rotatable bonds is 11. The second-order valence-corrected chi connectivity index (χ2v) is 7.90. The second-order valence-electron chi connectivity index (χ2n) is 7.90. The van der Waals surface area contributed by atoms with Gasteiger partial charge in [-0.25, -0.2) is 0 Å². The summed E-state index contributed by atoms with van der Waals surface area (Å²) in [6.07, 6.45) is 8.48. The summed E-state index contributed by atoms with van der Waals surface area (Å²) >= 11 is 0. The van der Waals surface area contributed by atoms with Gasteiger partial charge in [0.15, 0.2) is 0 Å². The van der Waals surface area contributed by atoms with Gasteiger partial charge in [0.05, 0.1) is 0 Å². The maximum absolute atomic E-state index is 12.8. The molecule has 0 aliphatic carbocycles. The molecule has 0 saturated heterocycles. The molecule has 0 spiro atoms. The zero-order valence-electron chi connectivity index (χ0n) is 18.1. The van der Waals surface area contributed by atoms with Crippen LogP contribution in [0.2, 0.25) is 0 Å². The fraction of sp³-hybridized carbons (Fsp3) is 0.321. The second kappa shape index (κ2) is 12.0. The SMILES string of the molecule is CCCCCCCc1ccc(-c2ccccc2C(=O)NCCc2ccccc2)cc1. The van der Waals surface area contributed by atoms with E-state index >= 15 is 0 Å². The fourth-order valence-electron chi connectivity index (χ4n) is 3.78. The Hall–Kier alpha value is -2.87. The summed E-state index contributed by atoms with van der Waals surface area (Å²) in [7, 11) is 0. The van der Waals surface area contributed by atoms with Gasteiger partial charge >= 0.3 is 0 Å². The molecular formula is C28H33NO. The highest BCUT2D eigenvalue weighted by molar-refractivity contribution is 6.00. The Morgan fingerprint density at radius 2 is 1.37 bits per heavy atom. The van der Waals surface area contributed by atoms with Crippen molar-refractivity contribution >= 4 is 5.91 Å². The highest BCUT2D eigenvalue weighted by Crippen LogP contribution is 2.24. The van der Waals surface area contributed by atoms with Crippen LogP contribution in [0.25, 0.3) is 11.1 Å². The molecule has 30 heavy (non-hydrogen) atoms. The van der Waals surface area contributed by atoms with Crippen molar-refractivity contribution in [3.05, 3.63) is 95.6 Å². The van der Waals surface area contributed by atoms with E-state index in [1.54, 1.807) is 0 Å². The lowest BCUT2D eigenvalue weighted by molar-refractivity contribution is 0.0955. The molecular weight excluding hydrogens is 366 g/mol. The first-order valence-electron chi connectivity index (χ1n) is 11.3. The van der Waals surface area contributed by atoms with E-state index in [2.05, 4.69) is 48.6 Å². The normalized spacial score (nSPS) is 10.7. The zero-order valence-corrected chi connectivity index (χ0v) is 18.1. The van der Waals surface area contributed by atoms with Gasteiger partial charge in [-0.2, -0.15) is 0 Å². The molecule has 0 atom stereocenters. The van der Waals surface area contributed by atoms with Gasteiger partial charge in [-0.15, -0.1) is 0 Å². The minimum atomic E-state index is -0.0125. The van der Waals surface area contributed by atoms with Crippen molar-refractivity contribution in [3.8, 4) is 11.1 Å². The van der Waals surface area contributed by atoms with Gasteiger partial charge in [0.2, 0.25) is 0 Å². The van der Waals surface area contributed by atoms with Crippen molar-refractivity contribution in [2.24, 2.45) is 0 Å². The van der Waals surface area contributed by atoms with Gasteiger partial charge in [-0.05, 0) is 47.6 Å². The molecule has 3 aromatic carbocycles. The third-order valence-electron chi connectivity index (χ3n) is 5.55.